The second kappa shape index (κ2) is 7.50. The molecule has 2 aromatic carbocycles. The van der Waals surface area contributed by atoms with Gasteiger partial charge >= 0.3 is 6.03 Å². The number of halogens is 1. The molecule has 198 valence electrons. The van der Waals surface area contributed by atoms with Crippen molar-refractivity contribution < 1.29 is 14.4 Å². The maximum Gasteiger partial charge on any atom is 0.327 e. The molecule has 0 saturated carbocycles. The number of para-hydroxylation sites is 1. The lowest BCUT2D eigenvalue weighted by Gasteiger charge is -2.53. The first-order chi connectivity index (χ1) is 18.6. The number of aromatic amines is 2. The number of H-pyrrole nitrogens is 2. The van der Waals surface area contributed by atoms with Crippen LogP contribution in [0.5, 0.6) is 0 Å². The third-order valence-corrected chi connectivity index (χ3v) is 9.66. The number of carbonyl (C=O) groups is 3. The van der Waals surface area contributed by atoms with Crippen molar-refractivity contribution in [1.82, 2.24) is 29.6 Å². The number of likely N-dealkylation sites (N-methyl/N-ethyl adjacent to an activating group) is 4. The molecule has 39 heavy (non-hydrogen) atoms. The van der Waals surface area contributed by atoms with Gasteiger partial charge in [-0.15, -0.1) is 0 Å². The van der Waals surface area contributed by atoms with Gasteiger partial charge in [0.15, 0.2) is 5.54 Å². The van der Waals surface area contributed by atoms with E-state index in [-0.39, 0.29) is 18.3 Å². The molecule has 2 fully saturated rings. The largest absolute Gasteiger partial charge is 0.361 e. The van der Waals surface area contributed by atoms with Crippen LogP contribution in [0.3, 0.4) is 0 Å². The maximum atomic E-state index is 14.6. The van der Waals surface area contributed by atoms with Gasteiger partial charge in [0.05, 0.1) is 11.6 Å². The first-order valence-electron chi connectivity index (χ1n) is 12.6. The molecule has 3 aliphatic rings. The number of carbonyl (C=O) groups excluding carboxylic acids is 3. The Hall–Kier alpha value is -4.12. The fourth-order valence-corrected chi connectivity index (χ4v) is 7.68. The minimum atomic E-state index is -1.57. The zero-order valence-corrected chi connectivity index (χ0v) is 23.4. The Labute approximate surface area is 232 Å². The summed E-state index contributed by atoms with van der Waals surface area (Å²) in [6.45, 7) is 0. The van der Waals surface area contributed by atoms with Gasteiger partial charge in [-0.05, 0) is 29.3 Å². The number of nitrogens with zero attached hydrogens (tertiary/aromatic N) is 4. The SMILES string of the molecule is CN1C(=O)N(C)[C@@]2(C1=O)c1[nH]c3ccccc3c1C[C@@]1(C(=O)N(C)C(=N)N1C)[C@H]2c1c[nH]c2cc(Br)ccc12. The van der Waals surface area contributed by atoms with Crippen molar-refractivity contribution in [3.8, 4) is 0 Å². The Kier molecular flexibility index (Phi) is 4.61. The van der Waals surface area contributed by atoms with Gasteiger partial charge in [-0.25, -0.2) is 4.79 Å². The van der Waals surface area contributed by atoms with Crippen LogP contribution in [0.25, 0.3) is 21.8 Å². The molecule has 4 heterocycles. The fraction of sp³-hybridized carbons (Fsp3) is 0.286. The number of hydrogen-bond acceptors (Lipinski definition) is 4. The lowest BCUT2D eigenvalue weighted by Crippen LogP contribution is -2.67. The number of aromatic nitrogens is 2. The summed E-state index contributed by atoms with van der Waals surface area (Å²) in [6, 6.07) is 13.1. The first-order valence-corrected chi connectivity index (χ1v) is 13.4. The number of guanidine groups is 1. The molecule has 10 nitrogen and oxygen atoms in total. The minimum Gasteiger partial charge on any atom is -0.361 e. The lowest BCUT2D eigenvalue weighted by atomic mass is 9.58. The second-order valence-electron chi connectivity index (χ2n) is 10.7. The van der Waals surface area contributed by atoms with Gasteiger partial charge in [0.25, 0.3) is 11.8 Å². The molecule has 2 aliphatic heterocycles. The number of hydrogen-bond donors (Lipinski definition) is 3. The van der Waals surface area contributed by atoms with E-state index in [1.54, 1.807) is 26.0 Å². The van der Waals surface area contributed by atoms with Gasteiger partial charge in [0.1, 0.15) is 5.54 Å². The summed E-state index contributed by atoms with van der Waals surface area (Å²) in [5, 5.41) is 10.6. The standard InChI is InChI=1S/C28H26BrN7O3/c1-33-23(37)27(35(3)25(33)30)12-17-15-7-5-6-8-19(15)32-22(17)28(24(38)34(2)26(39)36(28)4)21(27)18-13-31-20-11-14(29)9-10-16(18)20/h5-11,13,21,30-32H,12H2,1-4H3/t21-,27+,28-/m1/s1. The number of urea groups is 1. The third-order valence-electron chi connectivity index (χ3n) is 9.17. The number of benzene rings is 2. The molecule has 2 aromatic heterocycles. The summed E-state index contributed by atoms with van der Waals surface area (Å²) >= 11 is 3.53. The van der Waals surface area contributed by atoms with Crippen molar-refractivity contribution in [2.45, 2.75) is 23.4 Å². The van der Waals surface area contributed by atoms with E-state index in [9.17, 15) is 14.4 Å². The quantitative estimate of drug-likeness (QED) is 0.295. The molecule has 0 bridgehead atoms. The van der Waals surface area contributed by atoms with Gasteiger partial charge in [0, 0.05) is 67.1 Å². The highest BCUT2D eigenvalue weighted by molar-refractivity contribution is 9.10. The summed E-state index contributed by atoms with van der Waals surface area (Å²) in [5.41, 5.74) is 0.858. The van der Waals surface area contributed by atoms with Crippen LogP contribution in [-0.2, 0) is 21.5 Å². The van der Waals surface area contributed by atoms with Crippen LogP contribution in [0.2, 0.25) is 0 Å². The van der Waals surface area contributed by atoms with Crippen molar-refractivity contribution in [1.29, 1.82) is 5.41 Å². The van der Waals surface area contributed by atoms with E-state index in [0.717, 1.165) is 42.3 Å². The molecule has 4 aromatic rings. The predicted molar refractivity (Wildman–Crippen MR) is 149 cm³/mol. The van der Waals surface area contributed by atoms with Gasteiger partial charge in [0.2, 0.25) is 5.96 Å². The lowest BCUT2D eigenvalue weighted by molar-refractivity contribution is -0.142. The topological polar surface area (TPSA) is 120 Å². The Morgan fingerprint density at radius 2 is 1.67 bits per heavy atom. The summed E-state index contributed by atoms with van der Waals surface area (Å²) < 4.78 is 0.883. The zero-order chi connectivity index (χ0) is 27.6. The van der Waals surface area contributed by atoms with E-state index in [1.165, 1.54) is 16.8 Å². The zero-order valence-electron chi connectivity index (χ0n) is 21.8. The van der Waals surface area contributed by atoms with Gasteiger partial charge in [-0.3, -0.25) is 24.8 Å². The van der Waals surface area contributed by atoms with Crippen LogP contribution in [0.15, 0.2) is 53.1 Å². The monoisotopic (exact) mass is 587 g/mol. The molecule has 3 N–H and O–H groups in total. The van der Waals surface area contributed by atoms with Crippen molar-refractivity contribution >= 4 is 61.5 Å². The van der Waals surface area contributed by atoms with Crippen molar-refractivity contribution in [2.24, 2.45) is 0 Å². The molecule has 1 aliphatic carbocycles. The number of fused-ring (bicyclic) bond motifs is 5. The van der Waals surface area contributed by atoms with Gasteiger partial charge in [-0.2, -0.15) is 0 Å². The number of amides is 4. The van der Waals surface area contributed by atoms with E-state index in [2.05, 4.69) is 25.9 Å². The summed E-state index contributed by atoms with van der Waals surface area (Å²) in [6.07, 6.45) is 2.09. The van der Waals surface area contributed by atoms with Crippen molar-refractivity contribution in [2.75, 3.05) is 28.2 Å². The average Bonchev–Trinajstić information content (AvgIpc) is 3.60. The summed E-state index contributed by atoms with van der Waals surface area (Å²) in [4.78, 5) is 55.1. The van der Waals surface area contributed by atoms with Gasteiger partial charge < -0.3 is 19.8 Å². The fourth-order valence-electron chi connectivity index (χ4n) is 7.32. The van der Waals surface area contributed by atoms with Crippen LogP contribution in [-0.4, -0.2) is 87.1 Å². The second-order valence-corrected chi connectivity index (χ2v) is 11.6. The van der Waals surface area contributed by atoms with Crippen molar-refractivity contribution in [3.05, 3.63) is 70.0 Å². The third kappa shape index (κ3) is 2.56. The smallest absolute Gasteiger partial charge is 0.327 e. The predicted octanol–water partition coefficient (Wildman–Crippen LogP) is 3.55. The van der Waals surface area contributed by atoms with Crippen LogP contribution in [0.1, 0.15) is 22.7 Å². The normalized spacial score (nSPS) is 26.9. The van der Waals surface area contributed by atoms with E-state index >= 15 is 0 Å². The molecule has 0 unspecified atom stereocenters. The number of imide groups is 1. The Morgan fingerprint density at radius 1 is 0.923 bits per heavy atom. The molecule has 0 radical (unpaired) electrons. The van der Waals surface area contributed by atoms with Gasteiger partial charge in [-0.1, -0.05) is 40.2 Å². The minimum absolute atomic E-state index is 0.0406. The molecular formula is C28H26BrN7O3. The molecule has 3 atom stereocenters. The van der Waals surface area contributed by atoms with E-state index in [1.807, 2.05) is 48.7 Å². The molecule has 2 saturated heterocycles. The Bertz CT molecular complexity index is 1790. The van der Waals surface area contributed by atoms with Crippen LogP contribution in [0.4, 0.5) is 4.79 Å². The van der Waals surface area contributed by atoms with Crippen molar-refractivity contribution in [3.63, 3.8) is 0 Å². The number of rotatable bonds is 1. The summed E-state index contributed by atoms with van der Waals surface area (Å²) in [5.74, 6) is -1.51. The molecule has 11 heteroatoms. The highest BCUT2D eigenvalue weighted by atomic mass is 79.9. The first kappa shape index (κ1) is 24.0. The Morgan fingerprint density at radius 3 is 2.33 bits per heavy atom. The van der Waals surface area contributed by atoms with Crippen LogP contribution < -0.4 is 0 Å². The van der Waals surface area contributed by atoms with Crippen LogP contribution in [0, 0.1) is 5.41 Å². The van der Waals surface area contributed by atoms with E-state index in [4.69, 9.17) is 5.41 Å². The molecule has 2 spiro atoms. The van der Waals surface area contributed by atoms with E-state index in [0.29, 0.717) is 5.69 Å². The summed E-state index contributed by atoms with van der Waals surface area (Å²) in [7, 11) is 6.44. The highest BCUT2D eigenvalue weighted by Gasteiger charge is 2.74. The molecular weight excluding hydrogens is 562 g/mol. The highest BCUT2D eigenvalue weighted by Crippen LogP contribution is 2.61. The number of nitrogens with one attached hydrogen (secondary N) is 3. The maximum absolute atomic E-state index is 14.6. The van der Waals surface area contributed by atoms with E-state index < -0.39 is 28.9 Å². The average molecular weight is 588 g/mol. The molecule has 4 amide bonds. The molecule has 7 rings (SSSR count). The van der Waals surface area contributed by atoms with Crippen LogP contribution >= 0.6 is 15.9 Å². The Balaban J connectivity index is 1.68.